The zero-order chi connectivity index (χ0) is 19.4. The zero-order valence-corrected chi connectivity index (χ0v) is 16.9. The molecule has 0 atom stereocenters. The monoisotopic (exact) mass is 390 g/mol. The van der Waals surface area contributed by atoms with Crippen molar-refractivity contribution in [3.8, 4) is 0 Å². The summed E-state index contributed by atoms with van der Waals surface area (Å²) in [4.78, 5) is 30.9. The summed E-state index contributed by atoms with van der Waals surface area (Å²) in [6.45, 7) is 8.93. The first-order chi connectivity index (χ1) is 13.0. The number of carbonyl (C=O) groups is 2. The Morgan fingerprint density at radius 3 is 2.59 bits per heavy atom. The largest absolute Gasteiger partial charge is 0.360 e. The van der Waals surface area contributed by atoms with Crippen LogP contribution < -0.4 is 5.32 Å². The van der Waals surface area contributed by atoms with Crippen molar-refractivity contribution >= 4 is 29.0 Å². The maximum Gasteiger partial charge on any atom is 0.264 e. The van der Waals surface area contributed by atoms with Gasteiger partial charge in [0.15, 0.2) is 5.82 Å². The molecule has 1 fully saturated rings. The van der Waals surface area contributed by atoms with Gasteiger partial charge in [-0.05, 0) is 31.9 Å². The molecule has 1 aliphatic rings. The van der Waals surface area contributed by atoms with Crippen LogP contribution in [0.2, 0.25) is 0 Å². The summed E-state index contributed by atoms with van der Waals surface area (Å²) >= 11 is 1.59. The zero-order valence-electron chi connectivity index (χ0n) is 16.1. The maximum absolute atomic E-state index is 12.8. The first-order valence-electron chi connectivity index (χ1n) is 9.30. The molecule has 2 amide bonds. The summed E-state index contributed by atoms with van der Waals surface area (Å²) in [6, 6.07) is 3.73. The van der Waals surface area contributed by atoms with E-state index in [4.69, 9.17) is 4.52 Å². The van der Waals surface area contributed by atoms with Crippen LogP contribution in [0.3, 0.4) is 0 Å². The lowest BCUT2D eigenvalue weighted by molar-refractivity contribution is -0.117. The number of aryl methyl sites for hydroxylation is 3. The molecule has 7 nitrogen and oxygen atoms in total. The van der Waals surface area contributed by atoms with Gasteiger partial charge in [-0.1, -0.05) is 18.5 Å². The van der Waals surface area contributed by atoms with Gasteiger partial charge in [-0.25, -0.2) is 0 Å². The molecule has 8 heteroatoms. The molecule has 3 heterocycles. The fraction of sp³-hybridized carbons (Fsp3) is 0.526. The second-order valence-corrected chi connectivity index (χ2v) is 8.14. The molecular weight excluding hydrogens is 364 g/mol. The minimum atomic E-state index is -0.124. The third-order valence-corrected chi connectivity index (χ3v) is 5.75. The van der Waals surface area contributed by atoms with E-state index in [-0.39, 0.29) is 18.4 Å². The number of hydrogen-bond donors (Lipinski definition) is 1. The smallest absolute Gasteiger partial charge is 0.264 e. The molecule has 0 bridgehead atoms. The number of rotatable bonds is 6. The third-order valence-electron chi connectivity index (χ3n) is 4.67. The van der Waals surface area contributed by atoms with Crippen molar-refractivity contribution < 1.29 is 14.1 Å². The Hall–Kier alpha value is -2.19. The topological polar surface area (TPSA) is 78.7 Å². The predicted molar refractivity (Wildman–Crippen MR) is 105 cm³/mol. The fourth-order valence-corrected chi connectivity index (χ4v) is 4.26. The van der Waals surface area contributed by atoms with Crippen LogP contribution in [-0.4, -0.2) is 59.5 Å². The number of amides is 2. The lowest BCUT2D eigenvalue weighted by Gasteiger charge is -2.34. The Bertz CT molecular complexity index is 806. The van der Waals surface area contributed by atoms with Gasteiger partial charge in [0.25, 0.3) is 5.91 Å². The van der Waals surface area contributed by atoms with Gasteiger partial charge in [0.1, 0.15) is 5.76 Å². The van der Waals surface area contributed by atoms with E-state index in [0.717, 1.165) is 17.7 Å². The Kier molecular flexibility index (Phi) is 6.28. The molecule has 3 rings (SSSR count). The van der Waals surface area contributed by atoms with Crippen LogP contribution in [0.5, 0.6) is 0 Å². The number of nitrogens with zero attached hydrogens (tertiary/aromatic N) is 3. The summed E-state index contributed by atoms with van der Waals surface area (Å²) in [7, 11) is 0. The van der Waals surface area contributed by atoms with Crippen molar-refractivity contribution in [1.29, 1.82) is 0 Å². The van der Waals surface area contributed by atoms with Crippen LogP contribution in [0, 0.1) is 13.8 Å². The maximum atomic E-state index is 12.8. The quantitative estimate of drug-likeness (QED) is 0.820. The van der Waals surface area contributed by atoms with Gasteiger partial charge in [-0.15, -0.1) is 11.3 Å². The molecule has 0 radical (unpaired) electrons. The van der Waals surface area contributed by atoms with Crippen LogP contribution in [0.4, 0.5) is 5.82 Å². The molecule has 146 valence electrons. The highest BCUT2D eigenvalue weighted by Crippen LogP contribution is 2.24. The minimum Gasteiger partial charge on any atom is -0.360 e. The normalized spacial score (nSPS) is 15.1. The highest BCUT2D eigenvalue weighted by atomic mass is 32.1. The van der Waals surface area contributed by atoms with E-state index in [0.29, 0.717) is 37.8 Å². The van der Waals surface area contributed by atoms with Crippen molar-refractivity contribution in [2.45, 2.75) is 33.6 Å². The molecule has 1 aliphatic heterocycles. The number of thiophene rings is 1. The number of piperazine rings is 1. The first-order valence-corrected chi connectivity index (χ1v) is 10.1. The van der Waals surface area contributed by atoms with Crippen molar-refractivity contribution in [1.82, 2.24) is 15.0 Å². The number of hydrogen-bond acceptors (Lipinski definition) is 6. The minimum absolute atomic E-state index is 0.104. The summed E-state index contributed by atoms with van der Waals surface area (Å²) in [5, 5.41) is 6.49. The lowest BCUT2D eigenvalue weighted by atomic mass is 10.1. The first kappa shape index (κ1) is 19.6. The number of nitrogens with one attached hydrogen (secondary N) is 1. The average molecular weight is 391 g/mol. The molecule has 0 unspecified atom stereocenters. The van der Waals surface area contributed by atoms with Gasteiger partial charge in [0.05, 0.1) is 11.4 Å². The Morgan fingerprint density at radius 2 is 1.96 bits per heavy atom. The van der Waals surface area contributed by atoms with E-state index in [1.165, 1.54) is 10.4 Å². The van der Waals surface area contributed by atoms with E-state index >= 15 is 0 Å². The molecule has 1 N–H and O–H groups in total. The van der Waals surface area contributed by atoms with E-state index in [1.54, 1.807) is 24.3 Å². The third kappa shape index (κ3) is 4.95. The van der Waals surface area contributed by atoms with E-state index in [9.17, 15) is 9.59 Å². The highest BCUT2D eigenvalue weighted by molar-refractivity contribution is 7.14. The van der Waals surface area contributed by atoms with Crippen molar-refractivity contribution in [2.75, 3.05) is 38.0 Å². The van der Waals surface area contributed by atoms with Crippen LogP contribution in [-0.2, 0) is 11.2 Å². The van der Waals surface area contributed by atoms with Gasteiger partial charge < -0.3 is 14.7 Å². The molecule has 27 heavy (non-hydrogen) atoms. The number of aromatic nitrogens is 1. The SMILES string of the molecule is CCCc1cc(C(=O)N2CCN(CC(=O)Nc3cc(C)on3)CC2)sc1C. The Morgan fingerprint density at radius 1 is 1.22 bits per heavy atom. The van der Waals surface area contributed by atoms with Crippen LogP contribution in [0.1, 0.15) is 39.2 Å². The Labute approximate surface area is 163 Å². The second-order valence-electron chi connectivity index (χ2n) is 6.88. The molecule has 0 aromatic carbocycles. The van der Waals surface area contributed by atoms with Gasteiger partial charge >= 0.3 is 0 Å². The fourth-order valence-electron chi connectivity index (χ4n) is 3.22. The molecule has 2 aromatic heterocycles. The second kappa shape index (κ2) is 8.67. The van der Waals surface area contributed by atoms with E-state index in [1.807, 2.05) is 15.9 Å². The molecule has 2 aromatic rings. The van der Waals surface area contributed by atoms with Crippen molar-refractivity contribution in [3.05, 3.63) is 33.2 Å². The molecule has 0 spiro atoms. The molecule has 1 saturated heterocycles. The van der Waals surface area contributed by atoms with Gasteiger partial charge in [0.2, 0.25) is 5.91 Å². The number of carbonyl (C=O) groups excluding carboxylic acids is 2. The standard InChI is InChI=1S/C19H26N4O3S/c1-4-5-15-11-16(27-14(15)3)19(25)23-8-6-22(7-9-23)12-18(24)20-17-10-13(2)26-21-17/h10-11H,4-9,12H2,1-3H3,(H,20,21,24). The molecular formula is C19H26N4O3S. The lowest BCUT2D eigenvalue weighted by Crippen LogP contribution is -2.50. The summed E-state index contributed by atoms with van der Waals surface area (Å²) in [5.74, 6) is 1.07. The van der Waals surface area contributed by atoms with Crippen molar-refractivity contribution in [3.63, 3.8) is 0 Å². The van der Waals surface area contributed by atoms with Gasteiger partial charge in [-0.3, -0.25) is 14.5 Å². The molecule has 0 saturated carbocycles. The highest BCUT2D eigenvalue weighted by Gasteiger charge is 2.25. The van der Waals surface area contributed by atoms with Crippen LogP contribution in [0.15, 0.2) is 16.7 Å². The van der Waals surface area contributed by atoms with Crippen molar-refractivity contribution in [2.24, 2.45) is 0 Å². The van der Waals surface area contributed by atoms with Gasteiger partial charge in [0, 0.05) is 37.1 Å². The molecule has 0 aliphatic carbocycles. The Balaban J connectivity index is 1.48. The average Bonchev–Trinajstić information content (AvgIpc) is 3.21. The van der Waals surface area contributed by atoms with Crippen LogP contribution in [0.25, 0.3) is 0 Å². The van der Waals surface area contributed by atoms with E-state index < -0.39 is 0 Å². The number of anilines is 1. The predicted octanol–water partition coefficient (Wildman–Crippen LogP) is 2.70. The van der Waals surface area contributed by atoms with Gasteiger partial charge in [-0.2, -0.15) is 0 Å². The van der Waals surface area contributed by atoms with Crippen LogP contribution >= 0.6 is 11.3 Å². The summed E-state index contributed by atoms with van der Waals surface area (Å²) < 4.78 is 4.94. The van der Waals surface area contributed by atoms with E-state index in [2.05, 4.69) is 24.3 Å². The summed E-state index contributed by atoms with van der Waals surface area (Å²) in [6.07, 6.45) is 2.10. The summed E-state index contributed by atoms with van der Waals surface area (Å²) in [5.41, 5.74) is 1.28.